The van der Waals surface area contributed by atoms with E-state index in [2.05, 4.69) is 24.1 Å². The lowest BCUT2D eigenvalue weighted by Crippen LogP contribution is -2.44. The smallest absolute Gasteiger partial charge is 0.223 e. The molecule has 0 spiro atoms. The summed E-state index contributed by atoms with van der Waals surface area (Å²) < 4.78 is 13.9. The Labute approximate surface area is 147 Å². The van der Waals surface area contributed by atoms with E-state index in [-0.39, 0.29) is 17.2 Å². The fraction of sp³-hybridized carbons (Fsp3) is 0.950. The number of amides is 1. The summed E-state index contributed by atoms with van der Waals surface area (Å²) in [6.07, 6.45) is 7.44. The van der Waals surface area contributed by atoms with E-state index in [4.69, 9.17) is 0 Å². The third-order valence-electron chi connectivity index (χ3n) is 5.55. The molecule has 0 atom stereocenters. The topological polar surface area (TPSA) is 32.3 Å². The molecule has 0 unspecified atom stereocenters. The van der Waals surface area contributed by atoms with Gasteiger partial charge in [-0.3, -0.25) is 4.79 Å². The van der Waals surface area contributed by atoms with Crippen molar-refractivity contribution in [2.24, 2.45) is 17.3 Å². The summed E-state index contributed by atoms with van der Waals surface area (Å²) in [5.74, 6) is 1.16. The lowest BCUT2D eigenvalue weighted by Gasteiger charge is -2.39. The second-order valence-corrected chi connectivity index (χ2v) is 9.51. The van der Waals surface area contributed by atoms with Gasteiger partial charge in [0, 0.05) is 19.0 Å². The van der Waals surface area contributed by atoms with Crippen LogP contribution in [-0.4, -0.2) is 42.7 Å². The Balaban J connectivity index is 1.66. The van der Waals surface area contributed by atoms with E-state index >= 15 is 0 Å². The van der Waals surface area contributed by atoms with E-state index in [0.29, 0.717) is 12.3 Å². The molecular weight excluding hydrogens is 303 g/mol. The van der Waals surface area contributed by atoms with Gasteiger partial charge >= 0.3 is 0 Å². The maximum atomic E-state index is 13.9. The number of halogens is 1. The Morgan fingerprint density at radius 2 is 1.67 bits per heavy atom. The Bertz CT molecular complexity index is 402. The first kappa shape index (κ1) is 19.7. The molecule has 1 saturated heterocycles. The molecule has 1 saturated carbocycles. The number of carbonyl (C=O) groups excluding carboxylic acids is 1. The molecule has 4 heteroatoms. The zero-order chi connectivity index (χ0) is 17.8. The molecule has 1 aliphatic heterocycles. The number of alkyl halides is 1. The number of nitrogens with zero attached hydrogens (tertiary/aromatic N) is 1. The number of hydrogen-bond donors (Lipinski definition) is 1. The number of rotatable bonds is 7. The van der Waals surface area contributed by atoms with Crippen LogP contribution in [0.5, 0.6) is 0 Å². The molecule has 2 aliphatic rings. The van der Waals surface area contributed by atoms with E-state index in [9.17, 15) is 9.18 Å². The highest BCUT2D eigenvalue weighted by atomic mass is 19.1. The summed E-state index contributed by atoms with van der Waals surface area (Å²) in [4.78, 5) is 14.6. The van der Waals surface area contributed by atoms with Crippen LogP contribution in [0.15, 0.2) is 0 Å². The van der Waals surface area contributed by atoms with Crippen molar-refractivity contribution in [2.75, 3.05) is 26.2 Å². The van der Waals surface area contributed by atoms with Crippen LogP contribution in [0.4, 0.5) is 4.39 Å². The first-order valence-electron chi connectivity index (χ1n) is 9.84. The molecule has 0 aromatic rings. The average molecular weight is 341 g/mol. The molecule has 0 radical (unpaired) electrons. The zero-order valence-corrected chi connectivity index (χ0v) is 16.2. The van der Waals surface area contributed by atoms with Gasteiger partial charge in [-0.2, -0.15) is 0 Å². The van der Waals surface area contributed by atoms with Crippen LogP contribution in [0.2, 0.25) is 0 Å². The lowest BCUT2D eigenvalue weighted by molar-refractivity contribution is -0.125. The highest BCUT2D eigenvalue weighted by Gasteiger charge is 2.31. The maximum absolute atomic E-state index is 13.9. The van der Waals surface area contributed by atoms with Crippen molar-refractivity contribution in [3.05, 3.63) is 0 Å². The first-order chi connectivity index (χ1) is 11.1. The van der Waals surface area contributed by atoms with Crippen LogP contribution in [0.1, 0.15) is 72.6 Å². The van der Waals surface area contributed by atoms with Crippen LogP contribution < -0.4 is 5.32 Å². The molecular formula is C20H37FN2O. The Morgan fingerprint density at radius 3 is 2.21 bits per heavy atom. The van der Waals surface area contributed by atoms with E-state index < -0.39 is 5.67 Å². The van der Waals surface area contributed by atoms with E-state index in [0.717, 1.165) is 51.9 Å². The normalized spacial score (nSPS) is 22.0. The lowest BCUT2D eigenvalue weighted by atomic mass is 9.81. The standard InChI is InChI=1S/C20H37FN2O/c1-19(2,14-20(3,4)21)15-23-11-9-16(10-12-23)13-22-18(24)17-7-5-6-8-17/h16-17H,5-15H2,1-4H3,(H,22,24). The second-order valence-electron chi connectivity index (χ2n) is 9.51. The first-order valence-corrected chi connectivity index (χ1v) is 9.84. The number of nitrogens with one attached hydrogen (secondary N) is 1. The Kier molecular flexibility index (Phi) is 6.69. The van der Waals surface area contributed by atoms with Crippen molar-refractivity contribution in [2.45, 2.75) is 78.3 Å². The summed E-state index contributed by atoms with van der Waals surface area (Å²) >= 11 is 0. The van der Waals surface area contributed by atoms with Gasteiger partial charge < -0.3 is 10.2 Å². The fourth-order valence-electron chi connectivity index (χ4n) is 4.73. The van der Waals surface area contributed by atoms with Crippen LogP contribution in [-0.2, 0) is 4.79 Å². The van der Waals surface area contributed by atoms with Gasteiger partial charge in [-0.25, -0.2) is 4.39 Å². The SMILES string of the molecule is CC(C)(F)CC(C)(C)CN1CCC(CNC(=O)C2CCCC2)CC1. The third kappa shape index (κ3) is 6.70. The van der Waals surface area contributed by atoms with Gasteiger partial charge in [0.1, 0.15) is 5.67 Å². The zero-order valence-electron chi connectivity index (χ0n) is 16.2. The molecule has 1 amide bonds. The number of hydrogen-bond acceptors (Lipinski definition) is 2. The highest BCUT2D eigenvalue weighted by molar-refractivity contribution is 5.78. The summed E-state index contributed by atoms with van der Waals surface area (Å²) in [6.45, 7) is 11.6. The summed E-state index contributed by atoms with van der Waals surface area (Å²) in [6, 6.07) is 0. The molecule has 2 fully saturated rings. The van der Waals surface area contributed by atoms with Crippen LogP contribution in [0.3, 0.4) is 0 Å². The molecule has 0 aromatic carbocycles. The van der Waals surface area contributed by atoms with Gasteiger partial charge in [-0.05, 0) is 70.4 Å². The molecule has 3 nitrogen and oxygen atoms in total. The van der Waals surface area contributed by atoms with E-state index in [1.54, 1.807) is 13.8 Å². The van der Waals surface area contributed by atoms with Crippen molar-refractivity contribution in [3.63, 3.8) is 0 Å². The average Bonchev–Trinajstić information content (AvgIpc) is 2.97. The molecule has 24 heavy (non-hydrogen) atoms. The minimum atomic E-state index is -1.10. The largest absolute Gasteiger partial charge is 0.356 e. The van der Waals surface area contributed by atoms with Crippen molar-refractivity contribution in [3.8, 4) is 0 Å². The highest BCUT2D eigenvalue weighted by Crippen LogP contribution is 2.32. The van der Waals surface area contributed by atoms with Gasteiger partial charge in [0.15, 0.2) is 0 Å². The predicted octanol–water partition coefficient (Wildman–Crippen LogP) is 4.17. The number of carbonyl (C=O) groups is 1. The van der Waals surface area contributed by atoms with Crippen molar-refractivity contribution in [1.29, 1.82) is 0 Å². The number of piperidine rings is 1. The summed E-state index contributed by atoms with van der Waals surface area (Å²) in [5.41, 5.74) is -1.10. The van der Waals surface area contributed by atoms with Crippen LogP contribution in [0.25, 0.3) is 0 Å². The molecule has 1 N–H and O–H groups in total. The predicted molar refractivity (Wildman–Crippen MR) is 97.7 cm³/mol. The Hall–Kier alpha value is -0.640. The van der Waals surface area contributed by atoms with Gasteiger partial charge in [0.05, 0.1) is 0 Å². The quantitative estimate of drug-likeness (QED) is 0.754. The summed E-state index contributed by atoms with van der Waals surface area (Å²) in [7, 11) is 0. The van der Waals surface area contributed by atoms with E-state index in [1.165, 1.54) is 12.8 Å². The van der Waals surface area contributed by atoms with Crippen LogP contribution in [0, 0.1) is 17.3 Å². The van der Waals surface area contributed by atoms with Gasteiger partial charge in [-0.15, -0.1) is 0 Å². The molecule has 0 aromatic heterocycles. The van der Waals surface area contributed by atoms with Crippen molar-refractivity contribution >= 4 is 5.91 Å². The van der Waals surface area contributed by atoms with Crippen molar-refractivity contribution in [1.82, 2.24) is 10.2 Å². The van der Waals surface area contributed by atoms with Crippen molar-refractivity contribution < 1.29 is 9.18 Å². The fourth-order valence-corrected chi connectivity index (χ4v) is 4.73. The second kappa shape index (κ2) is 8.16. The van der Waals surface area contributed by atoms with Gasteiger partial charge in [0.25, 0.3) is 0 Å². The molecule has 1 heterocycles. The molecule has 0 bridgehead atoms. The third-order valence-corrected chi connectivity index (χ3v) is 5.55. The molecule has 2 rings (SSSR count). The monoisotopic (exact) mass is 340 g/mol. The number of likely N-dealkylation sites (tertiary alicyclic amines) is 1. The summed E-state index contributed by atoms with van der Waals surface area (Å²) in [5, 5.41) is 3.18. The van der Waals surface area contributed by atoms with Gasteiger partial charge in [-0.1, -0.05) is 26.7 Å². The van der Waals surface area contributed by atoms with Gasteiger partial charge in [0.2, 0.25) is 5.91 Å². The molecule has 1 aliphatic carbocycles. The minimum Gasteiger partial charge on any atom is -0.356 e. The molecule has 140 valence electrons. The van der Waals surface area contributed by atoms with Crippen LogP contribution >= 0.6 is 0 Å². The Morgan fingerprint density at radius 1 is 1.08 bits per heavy atom. The minimum absolute atomic E-state index is 0.00176. The van der Waals surface area contributed by atoms with E-state index in [1.807, 2.05) is 0 Å². The maximum Gasteiger partial charge on any atom is 0.223 e.